The van der Waals surface area contributed by atoms with Crippen LogP contribution < -0.4 is 15.8 Å². The maximum absolute atomic E-state index is 12.8. The number of nitrogens with one attached hydrogen (secondary N) is 2. The first-order valence-corrected chi connectivity index (χ1v) is 11.7. The Morgan fingerprint density at radius 2 is 1.79 bits per heavy atom. The van der Waals surface area contributed by atoms with Crippen molar-refractivity contribution in [1.29, 1.82) is 0 Å². The highest BCUT2D eigenvalue weighted by molar-refractivity contribution is 7.89. The van der Waals surface area contributed by atoms with Gasteiger partial charge in [0.15, 0.2) is 0 Å². The van der Waals surface area contributed by atoms with E-state index >= 15 is 0 Å². The molecule has 0 aliphatic heterocycles. The summed E-state index contributed by atoms with van der Waals surface area (Å²) in [6, 6.07) is 3.74. The molecule has 0 spiro atoms. The van der Waals surface area contributed by atoms with Gasteiger partial charge in [-0.25, -0.2) is 8.42 Å². The van der Waals surface area contributed by atoms with E-state index in [1.54, 1.807) is 12.1 Å². The summed E-state index contributed by atoms with van der Waals surface area (Å²) in [6.45, 7) is 8.39. The second-order valence-electron chi connectivity index (χ2n) is 7.59. The number of sulfonamides is 1. The molecule has 0 radical (unpaired) electrons. The van der Waals surface area contributed by atoms with Gasteiger partial charge in [0.25, 0.3) is 0 Å². The zero-order chi connectivity index (χ0) is 22.0. The Morgan fingerprint density at radius 1 is 1.10 bits per heavy atom. The van der Waals surface area contributed by atoms with Crippen LogP contribution in [0.2, 0.25) is 0 Å². The summed E-state index contributed by atoms with van der Waals surface area (Å²) < 4.78 is 28.0. The second kappa shape index (κ2) is 11.9. The number of benzene rings is 1. The normalized spacial score (nSPS) is 13.7. The lowest BCUT2D eigenvalue weighted by atomic mass is 9.99. The van der Waals surface area contributed by atoms with E-state index in [2.05, 4.69) is 23.9 Å². The fourth-order valence-corrected chi connectivity index (χ4v) is 4.29. The van der Waals surface area contributed by atoms with Gasteiger partial charge in [0, 0.05) is 13.0 Å². The highest BCUT2D eigenvalue weighted by Crippen LogP contribution is 2.16. The van der Waals surface area contributed by atoms with Crippen LogP contribution in [0.3, 0.4) is 0 Å². The molecule has 0 saturated carbocycles. The summed E-state index contributed by atoms with van der Waals surface area (Å²) in [7, 11) is -3.91. The third-order valence-corrected chi connectivity index (χ3v) is 6.66. The lowest BCUT2D eigenvalue weighted by molar-refractivity contribution is -0.123. The molecule has 0 aliphatic carbocycles. The molecule has 29 heavy (non-hydrogen) atoms. The first kappa shape index (κ1) is 25.1. The predicted octanol–water partition coefficient (Wildman–Crippen LogP) is 2.55. The molecule has 2 atom stereocenters. The first-order chi connectivity index (χ1) is 13.6. The average Bonchev–Trinajstić information content (AvgIpc) is 2.66. The van der Waals surface area contributed by atoms with Crippen LogP contribution in [0.1, 0.15) is 63.5 Å². The molecule has 1 aromatic carbocycles. The predicted molar refractivity (Wildman–Crippen MR) is 115 cm³/mol. The molecule has 0 aliphatic rings. The molecular weight excluding hydrogens is 390 g/mol. The van der Waals surface area contributed by atoms with Crippen molar-refractivity contribution < 1.29 is 18.0 Å². The van der Waals surface area contributed by atoms with E-state index in [-0.39, 0.29) is 17.7 Å². The van der Waals surface area contributed by atoms with Crippen molar-refractivity contribution in [1.82, 2.24) is 10.0 Å². The number of amides is 2. The maximum atomic E-state index is 12.8. The van der Waals surface area contributed by atoms with Gasteiger partial charge in [-0.3, -0.25) is 9.59 Å². The van der Waals surface area contributed by atoms with Gasteiger partial charge in [0.05, 0.1) is 4.90 Å². The van der Waals surface area contributed by atoms with Crippen molar-refractivity contribution in [2.75, 3.05) is 6.54 Å². The van der Waals surface area contributed by atoms with Gasteiger partial charge >= 0.3 is 0 Å². The van der Waals surface area contributed by atoms with Crippen LogP contribution in [0.15, 0.2) is 23.1 Å². The number of nitrogens with two attached hydrogens (primary N) is 1. The number of carbonyl (C=O) groups excluding carboxylic acids is 2. The summed E-state index contributed by atoms with van der Waals surface area (Å²) in [5.41, 5.74) is 7.02. The van der Waals surface area contributed by atoms with E-state index in [4.69, 9.17) is 5.73 Å². The first-order valence-electron chi connectivity index (χ1n) is 10.3. The van der Waals surface area contributed by atoms with Crippen LogP contribution in [-0.2, 0) is 19.6 Å². The van der Waals surface area contributed by atoms with E-state index in [0.29, 0.717) is 12.5 Å². The van der Waals surface area contributed by atoms with Crippen LogP contribution in [0.25, 0.3) is 0 Å². The zero-order valence-electron chi connectivity index (χ0n) is 18.0. The fraction of sp³-hybridized carbons (Fsp3) is 0.619. The molecule has 0 bridgehead atoms. The van der Waals surface area contributed by atoms with Crippen molar-refractivity contribution >= 4 is 21.8 Å². The van der Waals surface area contributed by atoms with Gasteiger partial charge in [-0.2, -0.15) is 4.72 Å². The number of carbonyl (C=O) groups is 2. The van der Waals surface area contributed by atoms with Crippen molar-refractivity contribution in [2.45, 2.75) is 77.2 Å². The van der Waals surface area contributed by atoms with Gasteiger partial charge in [0.1, 0.15) is 6.04 Å². The number of aryl methyl sites for hydroxylation is 2. The lowest BCUT2D eigenvalue weighted by Crippen LogP contribution is -2.48. The topological polar surface area (TPSA) is 118 Å². The molecule has 0 aromatic heterocycles. The molecule has 2 unspecified atom stereocenters. The van der Waals surface area contributed by atoms with E-state index in [0.717, 1.165) is 36.8 Å². The SMILES string of the molecule is CCCCC(CC)CNC(=O)C(CCC(N)=O)NS(=O)(=O)c1ccc(C)c(C)c1. The summed E-state index contributed by atoms with van der Waals surface area (Å²) in [4.78, 5) is 24.0. The minimum atomic E-state index is -3.91. The summed E-state index contributed by atoms with van der Waals surface area (Å²) in [6.07, 6.45) is 4.03. The molecule has 1 aromatic rings. The monoisotopic (exact) mass is 425 g/mol. The average molecular weight is 426 g/mol. The van der Waals surface area contributed by atoms with E-state index in [9.17, 15) is 18.0 Å². The van der Waals surface area contributed by atoms with E-state index in [1.807, 2.05) is 13.8 Å². The van der Waals surface area contributed by atoms with E-state index < -0.39 is 27.9 Å². The highest BCUT2D eigenvalue weighted by Gasteiger charge is 2.26. The Hall–Kier alpha value is -1.93. The van der Waals surface area contributed by atoms with Crippen LogP contribution in [0.4, 0.5) is 0 Å². The van der Waals surface area contributed by atoms with Gasteiger partial charge in [-0.1, -0.05) is 39.2 Å². The number of hydrogen-bond acceptors (Lipinski definition) is 4. The van der Waals surface area contributed by atoms with Gasteiger partial charge in [-0.15, -0.1) is 0 Å². The van der Waals surface area contributed by atoms with Crippen LogP contribution in [-0.4, -0.2) is 32.8 Å². The summed E-state index contributed by atoms with van der Waals surface area (Å²) in [5.74, 6) is -0.678. The minimum absolute atomic E-state index is 0.0109. The lowest BCUT2D eigenvalue weighted by Gasteiger charge is -2.21. The molecule has 1 rings (SSSR count). The summed E-state index contributed by atoms with van der Waals surface area (Å²) in [5, 5.41) is 2.84. The second-order valence-corrected chi connectivity index (χ2v) is 9.30. The number of rotatable bonds is 13. The molecule has 0 heterocycles. The summed E-state index contributed by atoms with van der Waals surface area (Å²) >= 11 is 0. The Kier molecular flexibility index (Phi) is 10.3. The number of hydrogen-bond donors (Lipinski definition) is 3. The molecule has 7 nitrogen and oxygen atoms in total. The Labute approximate surface area is 174 Å². The highest BCUT2D eigenvalue weighted by atomic mass is 32.2. The number of primary amides is 1. The molecule has 2 amide bonds. The van der Waals surface area contributed by atoms with Crippen LogP contribution in [0.5, 0.6) is 0 Å². The van der Waals surface area contributed by atoms with Gasteiger partial charge in [0.2, 0.25) is 21.8 Å². The van der Waals surface area contributed by atoms with Crippen molar-refractivity contribution in [3.8, 4) is 0 Å². The van der Waals surface area contributed by atoms with Crippen molar-refractivity contribution in [2.24, 2.45) is 11.7 Å². The maximum Gasteiger partial charge on any atom is 0.241 e. The molecular formula is C21H35N3O4S. The zero-order valence-corrected chi connectivity index (χ0v) is 18.8. The van der Waals surface area contributed by atoms with Gasteiger partial charge < -0.3 is 11.1 Å². The molecule has 0 saturated heterocycles. The standard InChI is InChI=1S/C21H35N3O4S/c1-5-7-8-17(6-2)14-23-21(26)19(11-12-20(22)25)24-29(27,28)18-10-9-15(3)16(4)13-18/h9-10,13,17,19,24H,5-8,11-12,14H2,1-4H3,(H2,22,25)(H,23,26). The van der Waals surface area contributed by atoms with Crippen molar-refractivity contribution in [3.63, 3.8) is 0 Å². The minimum Gasteiger partial charge on any atom is -0.370 e. The van der Waals surface area contributed by atoms with Gasteiger partial charge in [-0.05, 0) is 55.9 Å². The third-order valence-electron chi connectivity index (χ3n) is 5.19. The third kappa shape index (κ3) is 8.53. The molecule has 8 heteroatoms. The van der Waals surface area contributed by atoms with Crippen LogP contribution >= 0.6 is 0 Å². The Balaban J connectivity index is 2.91. The largest absolute Gasteiger partial charge is 0.370 e. The quantitative estimate of drug-likeness (QED) is 0.450. The van der Waals surface area contributed by atoms with Crippen molar-refractivity contribution in [3.05, 3.63) is 29.3 Å². The van der Waals surface area contributed by atoms with E-state index in [1.165, 1.54) is 6.07 Å². The molecule has 0 fully saturated rings. The molecule has 164 valence electrons. The molecule has 4 N–H and O–H groups in total. The Morgan fingerprint density at radius 3 is 2.34 bits per heavy atom. The van der Waals surface area contributed by atoms with Crippen LogP contribution in [0, 0.1) is 19.8 Å². The Bertz CT molecular complexity index is 793. The fourth-order valence-electron chi connectivity index (χ4n) is 2.98. The number of unbranched alkanes of at least 4 members (excludes halogenated alkanes) is 1. The smallest absolute Gasteiger partial charge is 0.241 e.